The molecule has 4 aromatic rings. The number of benzene rings is 4. The van der Waals surface area contributed by atoms with E-state index in [-0.39, 0.29) is 35.5 Å². The standard InChI is InChI=1S/C17H17NO.C13H8ClNO.C6H11.ClH.Mg/c1-2-3-9-14-13-8-4-6-11-16(13)19-17-12-7-5-10-15(17)18-14;14-13-9-5-1-3-7-11(9)16-12-8-4-2-6-10(12)15-13;1-2-4-6-5-3-1;;/h4-8,10-12H,2-3,9H2,1H3;1-8H;1H,2-6H2;1H;/q;;-1;;+2/p-1. The number of para-hydroxylation sites is 6. The maximum absolute atomic E-state index is 6.15. The van der Waals surface area contributed by atoms with Crippen molar-refractivity contribution in [1.29, 1.82) is 0 Å². The molecule has 0 amide bonds. The first-order chi connectivity index (χ1) is 20.2. The van der Waals surface area contributed by atoms with Crippen molar-refractivity contribution in [2.24, 2.45) is 9.98 Å². The van der Waals surface area contributed by atoms with Gasteiger partial charge in [-0.15, -0.1) is 0 Å². The summed E-state index contributed by atoms with van der Waals surface area (Å²) in [4.78, 5) is 9.15. The van der Waals surface area contributed by atoms with Crippen LogP contribution in [0, 0.1) is 6.42 Å². The molecule has 0 radical (unpaired) electrons. The summed E-state index contributed by atoms with van der Waals surface area (Å²) in [6.45, 7) is 2.20. The van der Waals surface area contributed by atoms with Gasteiger partial charge in [-0.05, 0) is 61.4 Å². The van der Waals surface area contributed by atoms with E-state index >= 15 is 0 Å². The molecule has 1 aliphatic carbocycles. The second kappa shape index (κ2) is 18.1. The Hall–Kier alpha value is -2.83. The summed E-state index contributed by atoms with van der Waals surface area (Å²) in [6, 6.07) is 31.3. The predicted octanol–water partition coefficient (Wildman–Crippen LogP) is 7.99. The number of halogens is 2. The molecule has 7 heteroatoms. The fourth-order valence-electron chi connectivity index (χ4n) is 4.83. The van der Waals surface area contributed by atoms with Crippen molar-refractivity contribution in [3.63, 3.8) is 0 Å². The third-order valence-electron chi connectivity index (χ3n) is 7.04. The van der Waals surface area contributed by atoms with Gasteiger partial charge in [-0.3, -0.25) is 0 Å². The van der Waals surface area contributed by atoms with Crippen LogP contribution in [0.3, 0.4) is 0 Å². The summed E-state index contributed by atoms with van der Waals surface area (Å²) < 4.78 is 11.8. The summed E-state index contributed by atoms with van der Waals surface area (Å²) >= 11 is 6.15. The largest absolute Gasteiger partial charge is 2.00 e. The Bertz CT molecular complexity index is 1510. The Morgan fingerprint density at radius 2 is 1.14 bits per heavy atom. The van der Waals surface area contributed by atoms with Crippen molar-refractivity contribution in [1.82, 2.24) is 0 Å². The van der Waals surface area contributed by atoms with Crippen molar-refractivity contribution < 1.29 is 21.9 Å². The van der Waals surface area contributed by atoms with Gasteiger partial charge in [0.15, 0.2) is 11.5 Å². The average Bonchev–Trinajstić information content (AvgIpc) is 3.28. The van der Waals surface area contributed by atoms with Crippen LogP contribution in [-0.4, -0.2) is 33.9 Å². The normalized spacial score (nSPS) is 13.8. The third kappa shape index (κ3) is 9.58. The van der Waals surface area contributed by atoms with Crippen LogP contribution in [-0.2, 0) is 0 Å². The second-order valence-electron chi connectivity index (χ2n) is 10.1. The van der Waals surface area contributed by atoms with E-state index in [1.54, 1.807) is 0 Å². The van der Waals surface area contributed by atoms with Crippen LogP contribution in [0.4, 0.5) is 11.4 Å². The number of fused-ring (bicyclic) bond motifs is 4. The Kier molecular flexibility index (Phi) is 14.6. The van der Waals surface area contributed by atoms with Crippen molar-refractivity contribution in [3.8, 4) is 23.0 Å². The monoisotopic (exact) mass is 622 g/mol. The molecule has 2 heterocycles. The van der Waals surface area contributed by atoms with E-state index < -0.39 is 0 Å². The van der Waals surface area contributed by atoms with E-state index in [2.05, 4.69) is 24.4 Å². The first-order valence-corrected chi connectivity index (χ1v) is 15.0. The van der Waals surface area contributed by atoms with Crippen LogP contribution in [0.15, 0.2) is 107 Å². The Morgan fingerprint density at radius 3 is 1.67 bits per heavy atom. The maximum Gasteiger partial charge on any atom is 2.00 e. The van der Waals surface area contributed by atoms with Gasteiger partial charge in [0, 0.05) is 5.56 Å². The van der Waals surface area contributed by atoms with Crippen molar-refractivity contribution in [2.75, 3.05) is 0 Å². The minimum atomic E-state index is 0. The van der Waals surface area contributed by atoms with Gasteiger partial charge in [0.05, 0.1) is 11.3 Å². The Labute approximate surface area is 283 Å². The van der Waals surface area contributed by atoms with E-state index in [1.165, 1.54) is 38.5 Å². The van der Waals surface area contributed by atoms with Crippen LogP contribution in [0.5, 0.6) is 23.0 Å². The van der Waals surface area contributed by atoms with E-state index in [9.17, 15) is 0 Å². The Morgan fingerprint density at radius 1 is 0.651 bits per heavy atom. The van der Waals surface area contributed by atoms with Crippen LogP contribution in [0.2, 0.25) is 0 Å². The molecule has 0 atom stereocenters. The van der Waals surface area contributed by atoms with Gasteiger partial charge in [0.25, 0.3) is 0 Å². The zero-order valence-electron chi connectivity index (χ0n) is 24.6. The number of unbranched alkanes of at least 4 members (excludes halogenated alkanes) is 1. The van der Waals surface area contributed by atoms with Gasteiger partial charge >= 0.3 is 23.1 Å². The summed E-state index contributed by atoms with van der Waals surface area (Å²) in [5.41, 5.74) is 4.74. The third-order valence-corrected chi connectivity index (χ3v) is 7.32. The maximum atomic E-state index is 6.15. The molecule has 4 nitrogen and oxygen atoms in total. The van der Waals surface area contributed by atoms with Crippen molar-refractivity contribution in [3.05, 3.63) is 115 Å². The minimum Gasteiger partial charge on any atom is -1.00 e. The summed E-state index contributed by atoms with van der Waals surface area (Å²) in [6.07, 6.45) is 12.8. The molecule has 0 unspecified atom stereocenters. The van der Waals surface area contributed by atoms with E-state index in [1.807, 2.05) is 91.0 Å². The average molecular weight is 624 g/mol. The van der Waals surface area contributed by atoms with Gasteiger partial charge in [0.1, 0.15) is 28.0 Å². The predicted molar refractivity (Wildman–Crippen MR) is 177 cm³/mol. The minimum absolute atomic E-state index is 0. The van der Waals surface area contributed by atoms with E-state index in [4.69, 9.17) is 26.1 Å². The SMILES string of the molecule is CCCCC1=Nc2ccccc2Oc2ccccc21.ClC1=Nc2ccccc2Oc2ccccc21.[CH-]1CCCCC1.[Cl-].[Mg+2]. The van der Waals surface area contributed by atoms with Gasteiger partial charge in [0.2, 0.25) is 0 Å². The van der Waals surface area contributed by atoms with Crippen LogP contribution in [0.1, 0.15) is 69.4 Å². The fourth-order valence-corrected chi connectivity index (χ4v) is 5.08. The van der Waals surface area contributed by atoms with Crippen LogP contribution >= 0.6 is 11.6 Å². The smallest absolute Gasteiger partial charge is 1.00 e. The first-order valence-electron chi connectivity index (χ1n) is 14.6. The number of rotatable bonds is 3. The quantitative estimate of drug-likeness (QED) is 0.172. The molecule has 3 aliphatic rings. The van der Waals surface area contributed by atoms with Crippen molar-refractivity contribution in [2.45, 2.75) is 58.3 Å². The molecule has 1 fully saturated rings. The molecular weight excluding hydrogens is 588 g/mol. The summed E-state index contributed by atoms with van der Waals surface area (Å²) in [7, 11) is 0. The summed E-state index contributed by atoms with van der Waals surface area (Å²) in [5.74, 6) is 3.20. The first kappa shape index (κ1) is 34.7. The van der Waals surface area contributed by atoms with Gasteiger partial charge in [-0.25, -0.2) is 9.98 Å². The van der Waals surface area contributed by atoms with Crippen LogP contribution in [0.25, 0.3) is 0 Å². The van der Waals surface area contributed by atoms with Gasteiger partial charge < -0.3 is 28.3 Å². The molecule has 0 N–H and O–H groups in total. The van der Waals surface area contributed by atoms with Gasteiger partial charge in [-0.1, -0.05) is 92.7 Å². The molecule has 0 saturated heterocycles. The molecular formula is C36H36Cl2MgN2O2. The molecule has 2 aliphatic heterocycles. The molecule has 0 spiro atoms. The topological polar surface area (TPSA) is 43.2 Å². The second-order valence-corrected chi connectivity index (χ2v) is 10.5. The zero-order chi connectivity index (χ0) is 28.3. The summed E-state index contributed by atoms with van der Waals surface area (Å²) in [5, 5.41) is 0.459. The molecule has 0 aromatic heterocycles. The number of aliphatic imine (C=N–C) groups is 2. The number of ether oxygens (including phenoxy) is 2. The number of hydrogen-bond acceptors (Lipinski definition) is 4. The van der Waals surface area contributed by atoms with E-state index in [0.717, 1.165) is 64.1 Å². The van der Waals surface area contributed by atoms with Crippen LogP contribution < -0.4 is 21.9 Å². The fraction of sp³-hybridized carbons (Fsp3) is 0.250. The molecule has 0 bridgehead atoms. The molecule has 218 valence electrons. The molecule has 43 heavy (non-hydrogen) atoms. The Balaban J connectivity index is 0.000000192. The zero-order valence-corrected chi connectivity index (χ0v) is 27.6. The van der Waals surface area contributed by atoms with Gasteiger partial charge in [-0.2, -0.15) is 12.8 Å². The van der Waals surface area contributed by atoms with Crippen molar-refractivity contribution >= 4 is 56.9 Å². The molecule has 7 rings (SSSR count). The molecule has 1 saturated carbocycles. The number of hydrogen-bond donors (Lipinski definition) is 0. The molecule has 4 aromatic carbocycles. The van der Waals surface area contributed by atoms with E-state index in [0.29, 0.717) is 5.17 Å². The number of nitrogens with zero attached hydrogens (tertiary/aromatic N) is 2.